The molecule has 0 radical (unpaired) electrons. The number of benzene rings is 1. The summed E-state index contributed by atoms with van der Waals surface area (Å²) in [5, 5.41) is 10.0. The molecule has 1 heterocycles. The fourth-order valence-electron chi connectivity index (χ4n) is 2.89. The molecule has 2 aromatic rings. The van der Waals surface area contributed by atoms with E-state index in [1.165, 1.54) is 0 Å². The van der Waals surface area contributed by atoms with Crippen molar-refractivity contribution in [1.29, 1.82) is 0 Å². The van der Waals surface area contributed by atoms with Crippen LogP contribution in [-0.4, -0.2) is 28.2 Å². The molecule has 2 atom stereocenters. The van der Waals surface area contributed by atoms with Crippen LogP contribution in [0, 0.1) is 6.92 Å². The van der Waals surface area contributed by atoms with Crippen molar-refractivity contribution in [1.82, 2.24) is 15.5 Å². The zero-order valence-corrected chi connectivity index (χ0v) is 13.3. The number of carbonyl (C=O) groups is 1. The molecule has 0 aliphatic heterocycles. The number of H-pyrrole nitrogens is 1. The lowest BCUT2D eigenvalue weighted by Gasteiger charge is -2.12. The third kappa shape index (κ3) is 3.48. The Hall–Kier alpha value is -1.85. The molecule has 0 spiro atoms. The molecule has 1 aromatic heterocycles. The van der Waals surface area contributed by atoms with Crippen LogP contribution in [0.2, 0.25) is 0 Å². The van der Waals surface area contributed by atoms with Gasteiger partial charge < -0.3 is 11.1 Å². The number of hydrogen-bond donors (Lipinski definition) is 3. The molecule has 1 saturated carbocycles. The molecule has 1 fully saturated rings. The van der Waals surface area contributed by atoms with Crippen molar-refractivity contribution in [2.75, 3.05) is 0 Å². The Balaban J connectivity index is 0.00000176. The van der Waals surface area contributed by atoms with E-state index in [1.807, 2.05) is 31.2 Å². The zero-order chi connectivity index (χ0) is 14.8. The first-order valence-electron chi connectivity index (χ1n) is 7.30. The van der Waals surface area contributed by atoms with Gasteiger partial charge in [-0.2, -0.15) is 5.10 Å². The molecule has 5 nitrogen and oxygen atoms in total. The van der Waals surface area contributed by atoms with E-state index < -0.39 is 0 Å². The molecule has 1 aliphatic rings. The van der Waals surface area contributed by atoms with Gasteiger partial charge in [-0.25, -0.2) is 0 Å². The molecule has 22 heavy (non-hydrogen) atoms. The lowest BCUT2D eigenvalue weighted by Crippen LogP contribution is -2.34. The number of hydrogen-bond acceptors (Lipinski definition) is 3. The number of halogens is 1. The van der Waals surface area contributed by atoms with Crippen molar-refractivity contribution in [2.24, 2.45) is 5.73 Å². The summed E-state index contributed by atoms with van der Waals surface area (Å²) in [4.78, 5) is 12.4. The predicted molar refractivity (Wildman–Crippen MR) is 89.1 cm³/mol. The van der Waals surface area contributed by atoms with Crippen molar-refractivity contribution in [3.8, 4) is 11.3 Å². The second-order valence-electron chi connectivity index (χ2n) is 5.77. The molecule has 0 unspecified atom stereocenters. The minimum absolute atomic E-state index is 0. The lowest BCUT2D eigenvalue weighted by molar-refractivity contribution is 0.0938. The largest absolute Gasteiger partial charge is 0.349 e. The summed E-state index contributed by atoms with van der Waals surface area (Å²) in [5.41, 5.74) is 9.36. The fourth-order valence-corrected chi connectivity index (χ4v) is 2.89. The van der Waals surface area contributed by atoms with Gasteiger partial charge in [-0.15, -0.1) is 12.4 Å². The Morgan fingerprint density at radius 2 is 2.23 bits per heavy atom. The molecule has 0 bridgehead atoms. The Labute approximate surface area is 136 Å². The summed E-state index contributed by atoms with van der Waals surface area (Å²) >= 11 is 0. The highest BCUT2D eigenvalue weighted by molar-refractivity contribution is 5.99. The number of rotatable bonds is 3. The number of aryl methyl sites for hydroxylation is 1. The topological polar surface area (TPSA) is 83.8 Å². The summed E-state index contributed by atoms with van der Waals surface area (Å²) in [6, 6.07) is 8.39. The molecule has 1 aliphatic carbocycles. The van der Waals surface area contributed by atoms with Crippen molar-refractivity contribution in [3.05, 3.63) is 41.6 Å². The van der Waals surface area contributed by atoms with Crippen LogP contribution in [0.5, 0.6) is 0 Å². The number of carbonyl (C=O) groups excluding carboxylic acids is 1. The Bertz CT molecular complexity index is 655. The van der Waals surface area contributed by atoms with Crippen molar-refractivity contribution < 1.29 is 4.79 Å². The summed E-state index contributed by atoms with van der Waals surface area (Å²) in [6.45, 7) is 2.03. The summed E-state index contributed by atoms with van der Waals surface area (Å²) in [6.07, 6.45) is 4.36. The van der Waals surface area contributed by atoms with Gasteiger partial charge in [0.15, 0.2) is 0 Å². The van der Waals surface area contributed by atoms with Crippen molar-refractivity contribution >= 4 is 18.3 Å². The van der Waals surface area contributed by atoms with Gasteiger partial charge in [0.1, 0.15) is 0 Å². The third-order valence-electron chi connectivity index (χ3n) is 4.00. The standard InChI is InChI=1S/C16H20N4O.ClH/c1-10-3-2-4-11(7-10)15-14(9-18-20-15)16(21)19-13-6-5-12(17)8-13;/h2-4,7,9,12-13H,5-6,8,17H2,1H3,(H,18,20)(H,19,21);1H/t12-,13-;/m1./s1. The van der Waals surface area contributed by atoms with Crippen molar-refractivity contribution in [2.45, 2.75) is 38.3 Å². The third-order valence-corrected chi connectivity index (χ3v) is 4.00. The van der Waals surface area contributed by atoms with Gasteiger partial charge in [-0.05, 0) is 32.3 Å². The summed E-state index contributed by atoms with van der Waals surface area (Å²) < 4.78 is 0. The van der Waals surface area contributed by atoms with E-state index in [4.69, 9.17) is 5.73 Å². The SMILES string of the molecule is Cc1cccc(-c2[nH]ncc2C(=O)N[C@@H]2CC[C@@H](N)C2)c1.Cl. The van der Waals surface area contributed by atoms with Crippen LogP contribution in [0.1, 0.15) is 35.2 Å². The highest BCUT2D eigenvalue weighted by Gasteiger charge is 2.25. The lowest BCUT2D eigenvalue weighted by atomic mass is 10.1. The maximum absolute atomic E-state index is 12.4. The Morgan fingerprint density at radius 1 is 1.41 bits per heavy atom. The summed E-state index contributed by atoms with van der Waals surface area (Å²) in [7, 11) is 0. The monoisotopic (exact) mass is 320 g/mol. The van der Waals surface area contributed by atoms with Gasteiger partial charge in [0.05, 0.1) is 17.5 Å². The van der Waals surface area contributed by atoms with Gasteiger partial charge in [0, 0.05) is 17.6 Å². The molecule has 1 aromatic carbocycles. The van der Waals surface area contributed by atoms with Crippen LogP contribution in [0.4, 0.5) is 0 Å². The molecule has 6 heteroatoms. The van der Waals surface area contributed by atoms with Gasteiger partial charge in [0.2, 0.25) is 0 Å². The average Bonchev–Trinajstić information content (AvgIpc) is 3.07. The zero-order valence-electron chi connectivity index (χ0n) is 12.5. The Kier molecular flexibility index (Phi) is 5.21. The minimum Gasteiger partial charge on any atom is -0.349 e. The second-order valence-corrected chi connectivity index (χ2v) is 5.77. The van der Waals surface area contributed by atoms with Crippen LogP contribution in [-0.2, 0) is 0 Å². The van der Waals surface area contributed by atoms with Gasteiger partial charge in [-0.3, -0.25) is 9.89 Å². The number of nitrogens with one attached hydrogen (secondary N) is 2. The number of aromatic nitrogens is 2. The number of nitrogens with two attached hydrogens (primary N) is 1. The van der Waals surface area contributed by atoms with Gasteiger partial charge >= 0.3 is 0 Å². The van der Waals surface area contributed by atoms with Crippen molar-refractivity contribution in [3.63, 3.8) is 0 Å². The maximum Gasteiger partial charge on any atom is 0.255 e. The maximum atomic E-state index is 12.4. The van der Waals surface area contributed by atoms with Crippen LogP contribution in [0.15, 0.2) is 30.5 Å². The minimum atomic E-state index is -0.0839. The predicted octanol–water partition coefficient (Wildman–Crippen LogP) is 2.42. The molecular weight excluding hydrogens is 300 g/mol. The fraction of sp³-hybridized carbons (Fsp3) is 0.375. The van der Waals surface area contributed by atoms with Crippen LogP contribution in [0.3, 0.4) is 0 Å². The van der Waals surface area contributed by atoms with Gasteiger partial charge in [-0.1, -0.05) is 23.8 Å². The van der Waals surface area contributed by atoms with Crippen LogP contribution >= 0.6 is 12.4 Å². The quantitative estimate of drug-likeness (QED) is 0.812. The molecular formula is C16H21ClN4O. The van der Waals surface area contributed by atoms with E-state index in [-0.39, 0.29) is 30.4 Å². The van der Waals surface area contributed by atoms with E-state index in [0.717, 1.165) is 36.1 Å². The number of amides is 1. The normalized spacial score (nSPS) is 20.5. The number of nitrogens with zero attached hydrogens (tertiary/aromatic N) is 1. The first kappa shape index (κ1) is 16.5. The molecule has 0 saturated heterocycles. The van der Waals surface area contributed by atoms with E-state index >= 15 is 0 Å². The first-order chi connectivity index (χ1) is 10.1. The van der Waals surface area contributed by atoms with E-state index in [9.17, 15) is 4.79 Å². The van der Waals surface area contributed by atoms with Gasteiger partial charge in [0.25, 0.3) is 5.91 Å². The first-order valence-corrected chi connectivity index (χ1v) is 7.30. The van der Waals surface area contributed by atoms with E-state index in [1.54, 1.807) is 6.20 Å². The highest BCUT2D eigenvalue weighted by atomic mass is 35.5. The smallest absolute Gasteiger partial charge is 0.255 e. The summed E-state index contributed by atoms with van der Waals surface area (Å²) in [5.74, 6) is -0.0839. The van der Waals surface area contributed by atoms with Crippen LogP contribution in [0.25, 0.3) is 11.3 Å². The average molecular weight is 321 g/mol. The van der Waals surface area contributed by atoms with E-state index in [2.05, 4.69) is 15.5 Å². The highest BCUT2D eigenvalue weighted by Crippen LogP contribution is 2.23. The molecule has 1 amide bonds. The molecule has 4 N–H and O–H groups in total. The van der Waals surface area contributed by atoms with Crippen LogP contribution < -0.4 is 11.1 Å². The molecule has 118 valence electrons. The Morgan fingerprint density at radius 3 is 2.91 bits per heavy atom. The molecule has 3 rings (SSSR count). The number of aromatic amines is 1. The van der Waals surface area contributed by atoms with E-state index in [0.29, 0.717) is 5.56 Å². The second kappa shape index (κ2) is 6.94.